The summed E-state index contributed by atoms with van der Waals surface area (Å²) >= 11 is 0. The molecule has 0 radical (unpaired) electrons. The summed E-state index contributed by atoms with van der Waals surface area (Å²) in [6.45, 7) is 0. The molecule has 0 aliphatic heterocycles. The molecule has 5 rings (SSSR count). The maximum atomic E-state index is 12.9. The van der Waals surface area contributed by atoms with E-state index in [1.807, 2.05) is 30.4 Å². The second kappa shape index (κ2) is 10.00. The molecule has 0 amide bonds. The summed E-state index contributed by atoms with van der Waals surface area (Å²) in [6, 6.07) is 12.8. The van der Waals surface area contributed by atoms with E-state index in [1.54, 1.807) is 36.7 Å². The second-order valence-electron chi connectivity index (χ2n) is 9.05. The fourth-order valence-corrected chi connectivity index (χ4v) is 6.75. The number of hydrogen-bond donors (Lipinski definition) is 2. The molecule has 8 heteroatoms. The third kappa shape index (κ3) is 4.98. The molecule has 0 saturated heterocycles. The molecule has 2 aromatic carbocycles. The van der Waals surface area contributed by atoms with Gasteiger partial charge in [0.25, 0.3) is 0 Å². The summed E-state index contributed by atoms with van der Waals surface area (Å²) in [7, 11) is -3.28. The second-order valence-corrected chi connectivity index (χ2v) is 11.3. The fourth-order valence-electron chi connectivity index (χ4n) is 4.89. The predicted molar refractivity (Wildman–Crippen MR) is 138 cm³/mol. The van der Waals surface area contributed by atoms with E-state index >= 15 is 0 Å². The zero-order valence-electron chi connectivity index (χ0n) is 19.4. The first kappa shape index (κ1) is 23.2. The van der Waals surface area contributed by atoms with Crippen molar-refractivity contribution in [3.05, 3.63) is 77.1 Å². The molecule has 2 aliphatic rings. The van der Waals surface area contributed by atoms with Crippen LogP contribution in [0.4, 0.5) is 11.6 Å². The average molecular weight is 489 g/mol. The molecule has 1 heterocycles. The van der Waals surface area contributed by atoms with Crippen molar-refractivity contribution >= 4 is 39.3 Å². The smallest absolute Gasteiger partial charge is 0.227 e. The highest BCUT2D eigenvalue weighted by atomic mass is 32.2. The van der Waals surface area contributed by atoms with Gasteiger partial charge in [0.2, 0.25) is 5.95 Å². The number of anilines is 2. The molecule has 3 aromatic rings. The van der Waals surface area contributed by atoms with E-state index in [9.17, 15) is 8.42 Å². The number of nitrogens with one attached hydrogen (secondary N) is 1. The number of nitrogens with zero attached hydrogens (tertiary/aromatic N) is 3. The number of benzene rings is 2. The van der Waals surface area contributed by atoms with Gasteiger partial charge in [0.15, 0.2) is 9.84 Å². The molecule has 35 heavy (non-hydrogen) atoms. The van der Waals surface area contributed by atoms with Gasteiger partial charge >= 0.3 is 0 Å². The average Bonchev–Trinajstić information content (AvgIpc) is 3.33. The zero-order chi connectivity index (χ0) is 24.3. The molecule has 0 unspecified atom stereocenters. The van der Waals surface area contributed by atoms with Crippen LogP contribution in [-0.4, -0.2) is 34.6 Å². The van der Waals surface area contributed by atoms with Crippen LogP contribution >= 0.6 is 0 Å². The molecule has 1 aromatic heterocycles. The summed E-state index contributed by atoms with van der Waals surface area (Å²) in [5.41, 5.74) is 5.60. The first-order valence-corrected chi connectivity index (χ1v) is 13.5. The SMILES string of the molecule is O=S(=O)(c1ccc(Nc2ncc(/C=C/c3cccc4c3CC/C4=N\O)cn2)cc1)C1CCCCC1. The topological polar surface area (TPSA) is 105 Å². The normalized spacial score (nSPS) is 17.7. The number of fused-ring (bicyclic) bond motifs is 1. The van der Waals surface area contributed by atoms with E-state index < -0.39 is 9.84 Å². The quantitative estimate of drug-likeness (QED) is 0.345. The van der Waals surface area contributed by atoms with Gasteiger partial charge in [0, 0.05) is 29.2 Å². The largest absolute Gasteiger partial charge is 0.411 e. The van der Waals surface area contributed by atoms with Gasteiger partial charge in [0.1, 0.15) is 0 Å². The number of sulfone groups is 1. The molecule has 0 atom stereocenters. The van der Waals surface area contributed by atoms with Crippen LogP contribution in [0, 0.1) is 0 Å². The van der Waals surface area contributed by atoms with Crippen molar-refractivity contribution in [1.82, 2.24) is 9.97 Å². The van der Waals surface area contributed by atoms with Gasteiger partial charge in [-0.2, -0.15) is 0 Å². The van der Waals surface area contributed by atoms with E-state index in [-0.39, 0.29) is 5.25 Å². The minimum atomic E-state index is -3.28. The molecular weight excluding hydrogens is 460 g/mol. The number of aromatic nitrogens is 2. The number of oxime groups is 1. The third-order valence-electron chi connectivity index (χ3n) is 6.81. The summed E-state index contributed by atoms with van der Waals surface area (Å²) in [5.74, 6) is 0.439. The van der Waals surface area contributed by atoms with Crippen LogP contribution in [0.15, 0.2) is 64.9 Å². The first-order valence-electron chi connectivity index (χ1n) is 12.0. The third-order valence-corrected chi connectivity index (χ3v) is 9.09. The van der Waals surface area contributed by atoms with Gasteiger partial charge in [-0.3, -0.25) is 0 Å². The predicted octanol–water partition coefficient (Wildman–Crippen LogP) is 5.62. The Bertz CT molecular complexity index is 1360. The van der Waals surface area contributed by atoms with Gasteiger partial charge in [-0.25, -0.2) is 18.4 Å². The van der Waals surface area contributed by atoms with E-state index in [2.05, 4.69) is 20.4 Å². The molecule has 2 N–H and O–H groups in total. The Morgan fingerprint density at radius 1 is 0.943 bits per heavy atom. The van der Waals surface area contributed by atoms with E-state index in [4.69, 9.17) is 5.21 Å². The molecule has 180 valence electrons. The van der Waals surface area contributed by atoms with Crippen LogP contribution in [0.25, 0.3) is 12.2 Å². The Balaban J connectivity index is 1.24. The fraction of sp³-hybridized carbons (Fsp3) is 0.296. The Morgan fingerprint density at radius 3 is 2.40 bits per heavy atom. The molecule has 2 aliphatic carbocycles. The van der Waals surface area contributed by atoms with E-state index in [1.165, 1.54) is 5.56 Å². The minimum Gasteiger partial charge on any atom is -0.411 e. The van der Waals surface area contributed by atoms with Crippen LogP contribution in [0.2, 0.25) is 0 Å². The molecule has 0 spiro atoms. The molecule has 0 bridgehead atoms. The Morgan fingerprint density at radius 2 is 1.69 bits per heavy atom. The lowest BCUT2D eigenvalue weighted by molar-refractivity contribution is 0.318. The van der Waals surface area contributed by atoms with Crippen molar-refractivity contribution in [2.75, 3.05) is 5.32 Å². The number of rotatable bonds is 6. The van der Waals surface area contributed by atoms with Crippen molar-refractivity contribution in [3.63, 3.8) is 0 Å². The summed E-state index contributed by atoms with van der Waals surface area (Å²) in [4.78, 5) is 9.15. The van der Waals surface area contributed by atoms with Gasteiger partial charge in [-0.05, 0) is 61.1 Å². The summed E-state index contributed by atoms with van der Waals surface area (Å²) in [6.07, 6.45) is 13.6. The lowest BCUT2D eigenvalue weighted by Crippen LogP contribution is -2.24. The standard InChI is InChI=1S/C27H28N4O3S/c32-31-26-16-15-24-20(5-4-8-25(24)26)10-9-19-17-28-27(29-18-19)30-21-11-13-23(14-12-21)35(33,34)22-6-2-1-3-7-22/h4-5,8-14,17-18,22,32H,1-3,6-7,15-16H2,(H,28,29,30)/b10-9+,31-26+. The van der Waals surface area contributed by atoms with Crippen LogP contribution < -0.4 is 5.32 Å². The van der Waals surface area contributed by atoms with Gasteiger partial charge in [0.05, 0.1) is 15.9 Å². The first-order chi connectivity index (χ1) is 17.0. The molecule has 1 saturated carbocycles. The maximum Gasteiger partial charge on any atom is 0.227 e. The Labute approximate surface area is 205 Å². The lowest BCUT2D eigenvalue weighted by atomic mass is 10.0. The Hall–Kier alpha value is -3.52. The summed E-state index contributed by atoms with van der Waals surface area (Å²) < 4.78 is 25.8. The van der Waals surface area contributed by atoms with Crippen molar-refractivity contribution in [3.8, 4) is 0 Å². The lowest BCUT2D eigenvalue weighted by Gasteiger charge is -2.21. The van der Waals surface area contributed by atoms with Gasteiger partial charge in [-0.15, -0.1) is 0 Å². The van der Waals surface area contributed by atoms with Crippen LogP contribution in [0.1, 0.15) is 60.8 Å². The van der Waals surface area contributed by atoms with Crippen molar-refractivity contribution in [2.45, 2.75) is 55.1 Å². The van der Waals surface area contributed by atoms with E-state index in [0.29, 0.717) is 10.8 Å². The van der Waals surface area contributed by atoms with Crippen molar-refractivity contribution in [2.24, 2.45) is 5.16 Å². The molecular formula is C27H28N4O3S. The monoisotopic (exact) mass is 488 g/mol. The highest BCUT2D eigenvalue weighted by molar-refractivity contribution is 7.92. The maximum absolute atomic E-state index is 12.9. The van der Waals surface area contributed by atoms with Crippen molar-refractivity contribution < 1.29 is 13.6 Å². The van der Waals surface area contributed by atoms with Crippen LogP contribution in [0.3, 0.4) is 0 Å². The highest BCUT2D eigenvalue weighted by Crippen LogP contribution is 2.30. The zero-order valence-corrected chi connectivity index (χ0v) is 20.2. The van der Waals surface area contributed by atoms with Crippen LogP contribution in [0.5, 0.6) is 0 Å². The van der Waals surface area contributed by atoms with Crippen molar-refractivity contribution in [1.29, 1.82) is 0 Å². The molecule has 7 nitrogen and oxygen atoms in total. The summed E-state index contributed by atoms with van der Waals surface area (Å²) in [5, 5.41) is 15.4. The van der Waals surface area contributed by atoms with Crippen LogP contribution in [-0.2, 0) is 16.3 Å². The van der Waals surface area contributed by atoms with Gasteiger partial charge < -0.3 is 10.5 Å². The van der Waals surface area contributed by atoms with Gasteiger partial charge in [-0.1, -0.05) is 54.8 Å². The van der Waals surface area contributed by atoms with E-state index in [0.717, 1.165) is 73.0 Å². The minimum absolute atomic E-state index is 0.263. The Kier molecular flexibility index (Phi) is 6.63. The highest BCUT2D eigenvalue weighted by Gasteiger charge is 2.28. The number of hydrogen-bond acceptors (Lipinski definition) is 7. The molecule has 1 fully saturated rings.